The molecule has 0 saturated heterocycles. The predicted molar refractivity (Wildman–Crippen MR) is 95.1 cm³/mol. The molecular weight excluding hydrogens is 393 g/mol. The number of anilines is 1. The largest absolute Gasteiger partial charge is 0.481 e. The molecule has 0 spiro atoms. The molecule has 0 aromatic heterocycles. The minimum absolute atomic E-state index is 0.304. The zero-order valence-corrected chi connectivity index (χ0v) is 15.4. The summed E-state index contributed by atoms with van der Waals surface area (Å²) in [5, 5.41) is 2.68. The maximum Gasteiger partial charge on any atom is 0.344 e. The summed E-state index contributed by atoms with van der Waals surface area (Å²) in [6, 6.07) is 9.43. The van der Waals surface area contributed by atoms with Gasteiger partial charge in [0.1, 0.15) is 11.6 Å². The number of aryl methyl sites for hydroxylation is 2. The van der Waals surface area contributed by atoms with E-state index in [1.165, 1.54) is 18.2 Å². The van der Waals surface area contributed by atoms with E-state index in [1.807, 2.05) is 26.0 Å². The summed E-state index contributed by atoms with van der Waals surface area (Å²) in [5.74, 6) is -1.27. The second-order valence-corrected chi connectivity index (χ2v) is 6.24. The van der Waals surface area contributed by atoms with Gasteiger partial charge in [-0.05, 0) is 59.6 Å². The molecule has 7 heteroatoms. The van der Waals surface area contributed by atoms with Crippen molar-refractivity contribution in [3.63, 3.8) is 0 Å². The summed E-state index contributed by atoms with van der Waals surface area (Å²) in [6.07, 6.45) is 0. The first kappa shape index (κ1) is 18.9. The van der Waals surface area contributed by atoms with E-state index in [-0.39, 0.29) is 6.61 Å². The molecule has 132 valence electrons. The molecule has 1 amide bonds. The fourth-order valence-electron chi connectivity index (χ4n) is 2.06. The van der Waals surface area contributed by atoms with Crippen molar-refractivity contribution in [3.05, 3.63) is 57.8 Å². The lowest BCUT2D eigenvalue weighted by Gasteiger charge is -2.10. The van der Waals surface area contributed by atoms with Crippen LogP contribution in [0.5, 0.6) is 5.75 Å². The van der Waals surface area contributed by atoms with Crippen LogP contribution in [-0.2, 0) is 14.3 Å². The van der Waals surface area contributed by atoms with Crippen LogP contribution in [0.15, 0.2) is 40.9 Å². The lowest BCUT2D eigenvalue weighted by Crippen LogP contribution is -2.24. The first-order chi connectivity index (χ1) is 11.8. The first-order valence-electron chi connectivity index (χ1n) is 7.45. The summed E-state index contributed by atoms with van der Waals surface area (Å²) >= 11 is 3.13. The van der Waals surface area contributed by atoms with Gasteiger partial charge in [-0.15, -0.1) is 0 Å². The molecule has 0 unspecified atom stereocenters. The van der Waals surface area contributed by atoms with E-state index in [2.05, 4.69) is 21.2 Å². The Labute approximate surface area is 153 Å². The van der Waals surface area contributed by atoms with Gasteiger partial charge in [0.15, 0.2) is 13.2 Å². The molecule has 0 aliphatic heterocycles. The highest BCUT2D eigenvalue weighted by atomic mass is 79.9. The molecule has 2 aromatic rings. The number of hydrogen-bond acceptors (Lipinski definition) is 4. The monoisotopic (exact) mass is 409 g/mol. The molecular formula is C18H17BrFNO4. The Bertz CT molecular complexity index is 795. The summed E-state index contributed by atoms with van der Waals surface area (Å²) in [7, 11) is 0. The Kier molecular flexibility index (Phi) is 6.52. The van der Waals surface area contributed by atoms with Crippen molar-refractivity contribution in [3.8, 4) is 5.75 Å². The molecule has 0 radical (unpaired) electrons. The number of nitrogens with one attached hydrogen (secondary N) is 1. The van der Waals surface area contributed by atoms with E-state index >= 15 is 0 Å². The highest BCUT2D eigenvalue weighted by Crippen LogP contribution is 2.25. The Balaban J connectivity index is 1.78. The van der Waals surface area contributed by atoms with Gasteiger partial charge in [0.2, 0.25) is 0 Å². The van der Waals surface area contributed by atoms with E-state index in [4.69, 9.17) is 9.47 Å². The van der Waals surface area contributed by atoms with Crippen molar-refractivity contribution < 1.29 is 23.5 Å². The zero-order valence-electron chi connectivity index (χ0n) is 13.8. The number of esters is 1. The highest BCUT2D eigenvalue weighted by molar-refractivity contribution is 9.10. The standard InChI is InChI=1S/C18H17BrFNO4/c1-11-3-5-15(12(2)7-11)21-17(22)9-25-18(23)10-24-16-6-4-13(20)8-14(16)19/h3-8H,9-10H2,1-2H3,(H,21,22). The maximum absolute atomic E-state index is 13.0. The molecule has 25 heavy (non-hydrogen) atoms. The normalized spacial score (nSPS) is 10.2. The van der Waals surface area contributed by atoms with Crippen molar-refractivity contribution in [2.75, 3.05) is 18.5 Å². The van der Waals surface area contributed by atoms with Gasteiger partial charge in [-0.2, -0.15) is 0 Å². The predicted octanol–water partition coefficient (Wildman–Crippen LogP) is 3.77. The molecule has 0 bridgehead atoms. The SMILES string of the molecule is Cc1ccc(NC(=O)COC(=O)COc2ccc(F)cc2Br)c(C)c1. The lowest BCUT2D eigenvalue weighted by molar-refractivity contribution is -0.149. The minimum atomic E-state index is -0.702. The van der Waals surface area contributed by atoms with Crippen molar-refractivity contribution in [1.29, 1.82) is 0 Å². The van der Waals surface area contributed by atoms with E-state index in [0.29, 0.717) is 15.9 Å². The molecule has 0 heterocycles. The van der Waals surface area contributed by atoms with Gasteiger partial charge in [0.05, 0.1) is 4.47 Å². The fourth-order valence-corrected chi connectivity index (χ4v) is 2.52. The molecule has 2 aromatic carbocycles. The van der Waals surface area contributed by atoms with Gasteiger partial charge in [0.25, 0.3) is 5.91 Å². The number of halogens is 2. The smallest absolute Gasteiger partial charge is 0.344 e. The average molecular weight is 410 g/mol. The van der Waals surface area contributed by atoms with Crippen LogP contribution in [0.25, 0.3) is 0 Å². The molecule has 0 saturated carbocycles. The average Bonchev–Trinajstić information content (AvgIpc) is 2.55. The number of carbonyl (C=O) groups is 2. The summed E-state index contributed by atoms with van der Waals surface area (Å²) in [4.78, 5) is 23.5. The van der Waals surface area contributed by atoms with Gasteiger partial charge < -0.3 is 14.8 Å². The Morgan fingerprint density at radius 3 is 2.56 bits per heavy atom. The van der Waals surface area contributed by atoms with Crippen LogP contribution in [0.4, 0.5) is 10.1 Å². The van der Waals surface area contributed by atoms with Crippen molar-refractivity contribution in [2.24, 2.45) is 0 Å². The number of amides is 1. The molecule has 0 aliphatic carbocycles. The van der Waals surface area contributed by atoms with Crippen LogP contribution < -0.4 is 10.1 Å². The number of benzene rings is 2. The fraction of sp³-hybridized carbons (Fsp3) is 0.222. The zero-order chi connectivity index (χ0) is 18.4. The summed E-state index contributed by atoms with van der Waals surface area (Å²) in [6.45, 7) is 3.03. The summed E-state index contributed by atoms with van der Waals surface area (Å²) in [5.41, 5.74) is 2.67. The van der Waals surface area contributed by atoms with Crippen LogP contribution in [0, 0.1) is 19.7 Å². The second-order valence-electron chi connectivity index (χ2n) is 5.39. The first-order valence-corrected chi connectivity index (χ1v) is 8.25. The number of hydrogen-bond donors (Lipinski definition) is 1. The third kappa shape index (κ3) is 5.86. The van der Waals surface area contributed by atoms with Gasteiger partial charge >= 0.3 is 5.97 Å². The quantitative estimate of drug-likeness (QED) is 0.737. The van der Waals surface area contributed by atoms with Crippen LogP contribution >= 0.6 is 15.9 Å². The number of rotatable bonds is 6. The Hall–Kier alpha value is -2.41. The number of ether oxygens (including phenoxy) is 2. The third-order valence-corrected chi connectivity index (χ3v) is 3.88. The van der Waals surface area contributed by atoms with E-state index < -0.39 is 24.3 Å². The van der Waals surface area contributed by atoms with Crippen LogP contribution in [0.2, 0.25) is 0 Å². The maximum atomic E-state index is 13.0. The topological polar surface area (TPSA) is 64.6 Å². The van der Waals surface area contributed by atoms with Gasteiger partial charge in [-0.3, -0.25) is 4.79 Å². The van der Waals surface area contributed by atoms with Crippen molar-refractivity contribution >= 4 is 33.5 Å². The van der Waals surface area contributed by atoms with Crippen LogP contribution in [-0.4, -0.2) is 25.1 Å². The molecule has 5 nitrogen and oxygen atoms in total. The molecule has 1 N–H and O–H groups in total. The van der Waals surface area contributed by atoms with E-state index in [0.717, 1.165) is 11.1 Å². The van der Waals surface area contributed by atoms with E-state index in [1.54, 1.807) is 6.07 Å². The Morgan fingerprint density at radius 1 is 1.12 bits per heavy atom. The highest BCUT2D eigenvalue weighted by Gasteiger charge is 2.11. The second kappa shape index (κ2) is 8.62. The molecule has 2 rings (SSSR count). The summed E-state index contributed by atoms with van der Waals surface area (Å²) < 4.78 is 23.4. The molecule has 0 aliphatic rings. The number of carbonyl (C=O) groups excluding carboxylic acids is 2. The van der Waals surface area contributed by atoms with Crippen LogP contribution in [0.3, 0.4) is 0 Å². The van der Waals surface area contributed by atoms with Crippen molar-refractivity contribution in [1.82, 2.24) is 0 Å². The lowest BCUT2D eigenvalue weighted by atomic mass is 10.1. The van der Waals surface area contributed by atoms with Crippen LogP contribution in [0.1, 0.15) is 11.1 Å². The molecule has 0 atom stereocenters. The third-order valence-electron chi connectivity index (χ3n) is 3.26. The van der Waals surface area contributed by atoms with Gasteiger partial charge in [-0.25, -0.2) is 9.18 Å². The van der Waals surface area contributed by atoms with Gasteiger partial charge in [-0.1, -0.05) is 17.7 Å². The Morgan fingerprint density at radius 2 is 1.88 bits per heavy atom. The van der Waals surface area contributed by atoms with E-state index in [9.17, 15) is 14.0 Å². The van der Waals surface area contributed by atoms with Crippen molar-refractivity contribution in [2.45, 2.75) is 13.8 Å². The van der Waals surface area contributed by atoms with Gasteiger partial charge in [0, 0.05) is 5.69 Å². The molecule has 0 fully saturated rings. The minimum Gasteiger partial charge on any atom is -0.481 e.